The zero-order valence-corrected chi connectivity index (χ0v) is 13.7. The Bertz CT molecular complexity index is 507. The highest BCUT2D eigenvalue weighted by molar-refractivity contribution is 6.30. The summed E-state index contributed by atoms with van der Waals surface area (Å²) in [6.45, 7) is 7.00. The van der Waals surface area contributed by atoms with E-state index in [9.17, 15) is 0 Å². The van der Waals surface area contributed by atoms with Crippen LogP contribution in [0, 0.1) is 0 Å². The average Bonchev–Trinajstić information content (AvgIpc) is 2.73. The lowest BCUT2D eigenvalue weighted by Crippen LogP contribution is -2.42. The largest absolute Gasteiger partial charge is 0.368 e. The Morgan fingerprint density at radius 3 is 2.81 bits per heavy atom. The number of aryl methyl sites for hydroxylation is 1. The van der Waals surface area contributed by atoms with Gasteiger partial charge in [-0.05, 0) is 39.5 Å². The first kappa shape index (κ1) is 15.2. The fraction of sp³-hybridized carbons (Fsp3) is 0.750. The summed E-state index contributed by atoms with van der Waals surface area (Å²) in [5.41, 5.74) is 2.31. The molecule has 1 aromatic rings. The number of aromatic nitrogens is 2. The Morgan fingerprint density at radius 2 is 2.00 bits per heavy atom. The molecule has 116 valence electrons. The van der Waals surface area contributed by atoms with E-state index in [-0.39, 0.29) is 6.10 Å². The van der Waals surface area contributed by atoms with Crippen molar-refractivity contribution >= 4 is 11.6 Å². The predicted molar refractivity (Wildman–Crippen MR) is 83.7 cm³/mol. The van der Waals surface area contributed by atoms with E-state index >= 15 is 0 Å². The molecule has 2 heterocycles. The molecule has 0 N–H and O–H groups in total. The minimum atomic E-state index is -0.0489. The summed E-state index contributed by atoms with van der Waals surface area (Å²) in [4.78, 5) is 11.8. The quantitative estimate of drug-likeness (QED) is 0.621. The highest BCUT2D eigenvalue weighted by Gasteiger charge is 2.27. The molecular formula is C16H24ClN3O. The molecule has 0 amide bonds. The lowest BCUT2D eigenvalue weighted by Gasteiger charge is -2.34. The third kappa shape index (κ3) is 3.38. The van der Waals surface area contributed by atoms with Crippen molar-refractivity contribution in [2.45, 2.75) is 58.1 Å². The first-order valence-corrected chi connectivity index (χ1v) is 8.44. The van der Waals surface area contributed by atoms with Gasteiger partial charge in [0.15, 0.2) is 5.82 Å². The van der Waals surface area contributed by atoms with Gasteiger partial charge in [-0.25, -0.2) is 9.97 Å². The van der Waals surface area contributed by atoms with E-state index in [1.807, 2.05) is 0 Å². The Balaban J connectivity index is 1.85. The molecule has 21 heavy (non-hydrogen) atoms. The number of fused-ring (bicyclic) bond motifs is 1. The van der Waals surface area contributed by atoms with Crippen molar-refractivity contribution in [2.75, 3.05) is 19.7 Å². The van der Waals surface area contributed by atoms with Crippen LogP contribution in [0.3, 0.4) is 0 Å². The van der Waals surface area contributed by atoms with Gasteiger partial charge < -0.3 is 4.74 Å². The number of rotatable bonds is 2. The van der Waals surface area contributed by atoms with Gasteiger partial charge in [-0.15, -0.1) is 0 Å². The van der Waals surface area contributed by atoms with Crippen molar-refractivity contribution in [2.24, 2.45) is 0 Å². The summed E-state index contributed by atoms with van der Waals surface area (Å²) in [6, 6.07) is 0.521. The van der Waals surface area contributed by atoms with E-state index in [0.29, 0.717) is 11.2 Å². The lowest BCUT2D eigenvalue weighted by atomic mass is 10.1. The summed E-state index contributed by atoms with van der Waals surface area (Å²) in [5, 5.41) is 0.641. The molecule has 0 aromatic carbocycles. The van der Waals surface area contributed by atoms with Crippen molar-refractivity contribution in [3.63, 3.8) is 0 Å². The first-order valence-electron chi connectivity index (χ1n) is 8.06. The molecule has 0 spiro atoms. The molecule has 1 atom stereocenters. The Hall–Kier alpha value is -0.710. The predicted octanol–water partition coefficient (Wildman–Crippen LogP) is 3.18. The molecule has 1 saturated heterocycles. The van der Waals surface area contributed by atoms with Gasteiger partial charge in [-0.2, -0.15) is 0 Å². The van der Waals surface area contributed by atoms with Gasteiger partial charge >= 0.3 is 0 Å². The van der Waals surface area contributed by atoms with Crippen molar-refractivity contribution in [1.82, 2.24) is 14.9 Å². The fourth-order valence-corrected chi connectivity index (χ4v) is 3.47. The van der Waals surface area contributed by atoms with Crippen LogP contribution in [0.15, 0.2) is 0 Å². The third-order valence-electron chi connectivity index (χ3n) is 4.52. The topological polar surface area (TPSA) is 38.2 Å². The zero-order valence-electron chi connectivity index (χ0n) is 12.9. The highest BCUT2D eigenvalue weighted by atomic mass is 35.5. The van der Waals surface area contributed by atoms with Crippen molar-refractivity contribution < 1.29 is 4.74 Å². The molecule has 3 rings (SSSR count). The molecule has 0 bridgehead atoms. The van der Waals surface area contributed by atoms with Crippen molar-refractivity contribution in [3.05, 3.63) is 22.2 Å². The Morgan fingerprint density at radius 1 is 1.19 bits per heavy atom. The Labute approximate surface area is 131 Å². The lowest BCUT2D eigenvalue weighted by molar-refractivity contribution is -0.0443. The number of ether oxygens (including phenoxy) is 1. The van der Waals surface area contributed by atoms with Gasteiger partial charge in [0.1, 0.15) is 11.3 Å². The molecule has 1 fully saturated rings. The zero-order chi connectivity index (χ0) is 14.8. The van der Waals surface area contributed by atoms with Crippen LogP contribution in [0.2, 0.25) is 5.15 Å². The van der Waals surface area contributed by atoms with E-state index in [2.05, 4.69) is 23.7 Å². The van der Waals surface area contributed by atoms with Crippen LogP contribution >= 0.6 is 11.6 Å². The molecule has 1 aromatic heterocycles. The van der Waals surface area contributed by atoms with Gasteiger partial charge in [0.05, 0.1) is 6.61 Å². The second-order valence-electron chi connectivity index (χ2n) is 6.31. The smallest absolute Gasteiger partial charge is 0.160 e. The normalized spacial score (nSPS) is 23.9. The summed E-state index contributed by atoms with van der Waals surface area (Å²) in [5.74, 6) is 0.769. The Kier molecular flexibility index (Phi) is 4.77. The van der Waals surface area contributed by atoms with E-state index in [1.165, 1.54) is 19.3 Å². The third-order valence-corrected chi connectivity index (χ3v) is 4.83. The van der Waals surface area contributed by atoms with Crippen molar-refractivity contribution in [1.29, 1.82) is 0 Å². The molecule has 0 saturated carbocycles. The van der Waals surface area contributed by atoms with E-state index < -0.39 is 0 Å². The maximum Gasteiger partial charge on any atom is 0.160 e. The number of hydrogen-bond donors (Lipinski definition) is 0. The van der Waals surface area contributed by atoms with Crippen LogP contribution in [0.5, 0.6) is 0 Å². The number of halogens is 1. The molecule has 4 nitrogen and oxygen atoms in total. The maximum absolute atomic E-state index is 6.42. The van der Waals surface area contributed by atoms with Crippen LogP contribution in [0.4, 0.5) is 0 Å². The molecule has 2 aliphatic rings. The minimum Gasteiger partial charge on any atom is -0.368 e. The summed E-state index contributed by atoms with van der Waals surface area (Å²) in [6.07, 6.45) is 5.62. The number of hydrogen-bond acceptors (Lipinski definition) is 4. The van der Waals surface area contributed by atoms with Gasteiger partial charge in [0.2, 0.25) is 0 Å². The van der Waals surface area contributed by atoms with Crippen LogP contribution in [0.1, 0.15) is 56.3 Å². The minimum absolute atomic E-state index is 0.0489. The summed E-state index contributed by atoms with van der Waals surface area (Å²) < 4.78 is 5.90. The molecule has 5 heteroatoms. The molecule has 1 aliphatic heterocycles. The fourth-order valence-electron chi connectivity index (χ4n) is 3.18. The molecule has 0 radical (unpaired) electrons. The van der Waals surface area contributed by atoms with Crippen molar-refractivity contribution in [3.8, 4) is 0 Å². The monoisotopic (exact) mass is 309 g/mol. The number of morpholine rings is 1. The van der Waals surface area contributed by atoms with E-state index in [4.69, 9.17) is 21.3 Å². The van der Waals surface area contributed by atoms with Crippen LogP contribution in [-0.4, -0.2) is 40.6 Å². The van der Waals surface area contributed by atoms with Gasteiger partial charge in [0, 0.05) is 30.4 Å². The second kappa shape index (κ2) is 6.59. The first-order chi connectivity index (χ1) is 10.1. The highest BCUT2D eigenvalue weighted by Crippen LogP contribution is 2.28. The van der Waals surface area contributed by atoms with E-state index in [0.717, 1.165) is 49.6 Å². The van der Waals surface area contributed by atoms with Gasteiger partial charge in [0.25, 0.3) is 0 Å². The summed E-state index contributed by atoms with van der Waals surface area (Å²) in [7, 11) is 0. The van der Waals surface area contributed by atoms with Gasteiger partial charge in [-0.1, -0.05) is 18.0 Å². The average molecular weight is 310 g/mol. The number of nitrogens with zero attached hydrogens (tertiary/aromatic N) is 3. The van der Waals surface area contributed by atoms with Crippen LogP contribution < -0.4 is 0 Å². The molecule has 1 unspecified atom stereocenters. The second-order valence-corrected chi connectivity index (χ2v) is 6.66. The van der Waals surface area contributed by atoms with Crippen LogP contribution in [-0.2, 0) is 17.6 Å². The standard InChI is InChI=1S/C16H24ClN3O/c1-11(2)20-8-9-21-14(10-20)16-18-13-7-5-3-4-6-12(13)15(17)19-16/h11,14H,3-10H2,1-2H3. The van der Waals surface area contributed by atoms with E-state index in [1.54, 1.807) is 0 Å². The molecular weight excluding hydrogens is 286 g/mol. The molecule has 1 aliphatic carbocycles. The SMILES string of the molecule is CC(C)N1CCOC(c2nc(Cl)c3c(n2)CCCCC3)C1. The van der Waals surface area contributed by atoms with Crippen LogP contribution in [0.25, 0.3) is 0 Å². The maximum atomic E-state index is 6.42. The summed E-state index contributed by atoms with van der Waals surface area (Å²) >= 11 is 6.42. The van der Waals surface area contributed by atoms with Gasteiger partial charge in [-0.3, -0.25) is 4.90 Å².